The number of unbranched alkanes of at least 4 members (excludes halogenated alkanes) is 5. The first-order chi connectivity index (χ1) is 5.27. The lowest BCUT2D eigenvalue weighted by Crippen LogP contribution is -2.04. The van der Waals surface area contributed by atoms with E-state index in [0.717, 1.165) is 0 Å². The number of hydrogen-bond acceptors (Lipinski definition) is 1. The van der Waals surface area contributed by atoms with Crippen LogP contribution in [-0.2, 0) is 0 Å². The van der Waals surface area contributed by atoms with Crippen molar-refractivity contribution in [2.45, 2.75) is 45.4 Å². The molecule has 0 aromatic rings. The largest absolute Gasteiger partial charge is 0.290 e. The molecule has 0 N–H and O–H groups in total. The van der Waals surface area contributed by atoms with Gasteiger partial charge in [-0.05, 0) is 13.5 Å². The van der Waals surface area contributed by atoms with Crippen LogP contribution >= 0.6 is 9.39 Å². The molecular weight excluding hydrogens is 153 g/mol. The fourth-order valence-corrected chi connectivity index (χ4v) is 1.32. The molecule has 1 unspecified atom stereocenters. The fourth-order valence-electron chi connectivity index (χ4n) is 1.14. The molecule has 0 aliphatic carbocycles. The summed E-state index contributed by atoms with van der Waals surface area (Å²) in [7, 11) is 4.81. The van der Waals surface area contributed by atoms with E-state index in [0.29, 0.717) is 0 Å². The molecule has 68 valence electrons. The number of rotatable bonds is 7. The van der Waals surface area contributed by atoms with Crippen LogP contribution in [-0.4, -0.2) is 18.3 Å². The zero-order valence-corrected chi connectivity index (χ0v) is 9.13. The second kappa shape index (κ2) is 8.49. The van der Waals surface area contributed by atoms with Crippen LogP contribution in [0.25, 0.3) is 0 Å². The van der Waals surface area contributed by atoms with Gasteiger partial charge in [-0.2, -0.15) is 0 Å². The van der Waals surface area contributed by atoms with E-state index < -0.39 is 0 Å². The Hall–Kier alpha value is 0.390. The third-order valence-corrected chi connectivity index (χ3v) is 2.12. The van der Waals surface area contributed by atoms with Gasteiger partial charge in [-0.15, -0.1) is 0 Å². The lowest BCUT2D eigenvalue weighted by molar-refractivity contribution is 0.507. The van der Waals surface area contributed by atoms with Crippen molar-refractivity contribution in [3.63, 3.8) is 0 Å². The van der Waals surface area contributed by atoms with Crippen molar-refractivity contribution in [1.29, 1.82) is 0 Å². The minimum absolute atomic E-state index is 1.22. The summed E-state index contributed by atoms with van der Waals surface area (Å²) in [5.74, 6) is 0. The van der Waals surface area contributed by atoms with E-state index in [1.54, 1.807) is 0 Å². The van der Waals surface area contributed by atoms with Crippen LogP contribution in [0.2, 0.25) is 0 Å². The molecule has 1 atom stereocenters. The second-order valence-corrected chi connectivity index (χ2v) is 4.13. The Morgan fingerprint density at radius 3 is 2.09 bits per heavy atom. The predicted octanol–water partition coefficient (Wildman–Crippen LogP) is 3.07. The molecule has 0 amide bonds. The summed E-state index contributed by atoms with van der Waals surface area (Å²) < 4.78 is 2.18. The molecular formula is C9H22NP. The van der Waals surface area contributed by atoms with Crippen LogP contribution in [0.5, 0.6) is 0 Å². The average Bonchev–Trinajstić information content (AvgIpc) is 1.96. The Morgan fingerprint density at radius 1 is 1.00 bits per heavy atom. The molecule has 0 aliphatic heterocycles. The van der Waals surface area contributed by atoms with Crippen LogP contribution < -0.4 is 0 Å². The van der Waals surface area contributed by atoms with Crippen molar-refractivity contribution in [3.8, 4) is 0 Å². The van der Waals surface area contributed by atoms with Gasteiger partial charge in [0, 0.05) is 6.54 Å². The Bertz CT molecular complexity index is 74.0. The zero-order chi connectivity index (χ0) is 8.53. The molecule has 0 spiro atoms. The molecule has 0 saturated carbocycles. The van der Waals surface area contributed by atoms with Gasteiger partial charge in [-0.3, -0.25) is 4.67 Å². The third-order valence-electron chi connectivity index (χ3n) is 1.86. The Labute approximate surface area is 73.8 Å². The van der Waals surface area contributed by atoms with Crippen molar-refractivity contribution in [2.75, 3.05) is 13.6 Å². The summed E-state index contributed by atoms with van der Waals surface area (Å²) in [6, 6.07) is 0. The normalized spacial score (nSPS) is 10.9. The Morgan fingerprint density at radius 2 is 1.55 bits per heavy atom. The van der Waals surface area contributed by atoms with Crippen molar-refractivity contribution < 1.29 is 0 Å². The predicted molar refractivity (Wildman–Crippen MR) is 55.7 cm³/mol. The van der Waals surface area contributed by atoms with Gasteiger partial charge in [0.2, 0.25) is 0 Å². The number of nitrogens with zero attached hydrogens (tertiary/aromatic N) is 1. The van der Waals surface area contributed by atoms with Crippen molar-refractivity contribution in [2.24, 2.45) is 0 Å². The first-order valence-corrected chi connectivity index (χ1v) is 5.25. The van der Waals surface area contributed by atoms with Crippen molar-refractivity contribution in [3.05, 3.63) is 0 Å². The highest BCUT2D eigenvalue weighted by molar-refractivity contribution is 7.13. The SMILES string of the molecule is CCCCCCCCN(C)P. The average molecular weight is 175 g/mol. The molecule has 0 heterocycles. The molecule has 0 fully saturated rings. The molecule has 0 saturated heterocycles. The highest BCUT2D eigenvalue weighted by atomic mass is 31.0. The quantitative estimate of drug-likeness (QED) is 0.424. The van der Waals surface area contributed by atoms with Gasteiger partial charge in [0.15, 0.2) is 0 Å². The monoisotopic (exact) mass is 175 g/mol. The summed E-state index contributed by atoms with van der Waals surface area (Å²) in [5, 5.41) is 0. The third kappa shape index (κ3) is 10.4. The van der Waals surface area contributed by atoms with Crippen LogP contribution in [0.15, 0.2) is 0 Å². The van der Waals surface area contributed by atoms with E-state index in [-0.39, 0.29) is 0 Å². The van der Waals surface area contributed by atoms with Crippen LogP contribution in [0.4, 0.5) is 0 Å². The minimum atomic E-state index is 1.22. The Kier molecular flexibility index (Phi) is 8.79. The molecule has 0 bridgehead atoms. The summed E-state index contributed by atoms with van der Waals surface area (Å²) in [4.78, 5) is 0. The minimum Gasteiger partial charge on any atom is -0.290 e. The smallest absolute Gasteiger partial charge is 0.00131 e. The van der Waals surface area contributed by atoms with Crippen LogP contribution in [0, 0.1) is 0 Å². The maximum absolute atomic E-state index is 2.70. The molecule has 11 heavy (non-hydrogen) atoms. The highest BCUT2D eigenvalue weighted by Crippen LogP contribution is 2.06. The first-order valence-electron chi connectivity index (χ1n) is 4.73. The summed E-state index contributed by atoms with van der Waals surface area (Å²) in [5.41, 5.74) is 0. The maximum atomic E-state index is 2.70. The fraction of sp³-hybridized carbons (Fsp3) is 1.00. The lowest BCUT2D eigenvalue weighted by atomic mass is 10.1. The second-order valence-electron chi connectivity index (χ2n) is 3.25. The number of hydrogen-bond donors (Lipinski definition) is 0. The summed E-state index contributed by atoms with van der Waals surface area (Å²) in [6.07, 6.45) is 8.37. The highest BCUT2D eigenvalue weighted by Gasteiger charge is 1.91. The molecule has 0 aromatic heterocycles. The zero-order valence-electron chi connectivity index (χ0n) is 7.97. The van der Waals surface area contributed by atoms with Gasteiger partial charge in [0.1, 0.15) is 0 Å². The standard InChI is InChI=1S/C9H22NP/c1-3-4-5-6-7-8-9-10(2)11/h3-9,11H2,1-2H3. The molecule has 2 heteroatoms. The van der Waals surface area contributed by atoms with E-state index in [1.165, 1.54) is 45.1 Å². The topological polar surface area (TPSA) is 3.24 Å². The van der Waals surface area contributed by atoms with Crippen LogP contribution in [0.3, 0.4) is 0 Å². The van der Waals surface area contributed by atoms with Gasteiger partial charge < -0.3 is 0 Å². The molecule has 1 nitrogen and oxygen atoms in total. The van der Waals surface area contributed by atoms with Crippen molar-refractivity contribution in [1.82, 2.24) is 4.67 Å². The maximum Gasteiger partial charge on any atom is 0.00131 e. The molecule has 0 aromatic carbocycles. The lowest BCUT2D eigenvalue weighted by Gasteiger charge is -2.07. The van der Waals surface area contributed by atoms with E-state index in [1.807, 2.05) is 0 Å². The van der Waals surface area contributed by atoms with Crippen molar-refractivity contribution >= 4 is 9.39 Å². The van der Waals surface area contributed by atoms with E-state index in [4.69, 9.17) is 0 Å². The van der Waals surface area contributed by atoms with Gasteiger partial charge in [-0.25, -0.2) is 0 Å². The summed E-state index contributed by atoms with van der Waals surface area (Å²) >= 11 is 0. The van der Waals surface area contributed by atoms with E-state index in [9.17, 15) is 0 Å². The van der Waals surface area contributed by atoms with Crippen LogP contribution in [0.1, 0.15) is 45.4 Å². The van der Waals surface area contributed by atoms with E-state index in [2.05, 4.69) is 28.0 Å². The van der Waals surface area contributed by atoms with Gasteiger partial charge >= 0.3 is 0 Å². The molecule has 0 aliphatic rings. The van der Waals surface area contributed by atoms with E-state index >= 15 is 0 Å². The summed E-state index contributed by atoms with van der Waals surface area (Å²) in [6.45, 7) is 3.48. The van der Waals surface area contributed by atoms with Gasteiger partial charge in [0.25, 0.3) is 0 Å². The van der Waals surface area contributed by atoms with Gasteiger partial charge in [-0.1, -0.05) is 48.4 Å². The molecule has 0 rings (SSSR count). The molecule has 0 radical (unpaired) electrons. The first kappa shape index (κ1) is 11.4. The van der Waals surface area contributed by atoms with Gasteiger partial charge in [0.05, 0.1) is 0 Å². The Balaban J connectivity index is 2.80.